The first-order chi connectivity index (χ1) is 8.17. The minimum absolute atomic E-state index is 0.370. The van der Waals surface area contributed by atoms with E-state index < -0.39 is 0 Å². The smallest absolute Gasteiger partial charge is 0.171 e. The monoisotopic (exact) mass is 252 g/mol. The van der Waals surface area contributed by atoms with E-state index in [1.807, 2.05) is 31.2 Å². The van der Waals surface area contributed by atoms with Crippen LogP contribution in [0.3, 0.4) is 0 Å². The number of benzene rings is 1. The molecule has 1 aromatic carbocycles. The van der Waals surface area contributed by atoms with Crippen LogP contribution in [0.5, 0.6) is 5.75 Å². The van der Waals surface area contributed by atoms with Gasteiger partial charge in [-0.25, -0.2) is 0 Å². The number of anilines is 1. The molecule has 0 aliphatic rings. The van der Waals surface area contributed by atoms with Crippen LogP contribution in [0.1, 0.15) is 27.2 Å². The molecule has 0 saturated carbocycles. The van der Waals surface area contributed by atoms with E-state index in [-0.39, 0.29) is 0 Å². The highest BCUT2D eigenvalue weighted by Crippen LogP contribution is 2.23. The molecule has 17 heavy (non-hydrogen) atoms. The zero-order valence-electron chi connectivity index (χ0n) is 10.6. The Balaban J connectivity index is 2.64. The van der Waals surface area contributed by atoms with Crippen molar-refractivity contribution in [1.82, 2.24) is 5.32 Å². The summed E-state index contributed by atoms with van der Waals surface area (Å²) in [7, 11) is 0. The largest absolute Gasteiger partial charge is 0.492 e. The van der Waals surface area contributed by atoms with E-state index in [9.17, 15) is 0 Å². The van der Waals surface area contributed by atoms with Crippen molar-refractivity contribution in [2.24, 2.45) is 0 Å². The van der Waals surface area contributed by atoms with Crippen LogP contribution in [0.2, 0.25) is 0 Å². The molecule has 4 heteroatoms. The normalized spacial score (nSPS) is 11.7. The molecule has 0 bridgehead atoms. The van der Waals surface area contributed by atoms with Gasteiger partial charge < -0.3 is 15.4 Å². The molecule has 0 aliphatic carbocycles. The number of hydrogen-bond acceptors (Lipinski definition) is 2. The predicted octanol–water partition coefficient (Wildman–Crippen LogP) is 3.17. The van der Waals surface area contributed by atoms with E-state index in [2.05, 4.69) is 24.5 Å². The lowest BCUT2D eigenvalue weighted by atomic mass is 10.2. The van der Waals surface area contributed by atoms with E-state index in [1.54, 1.807) is 0 Å². The first-order valence-corrected chi connectivity index (χ1v) is 6.37. The highest BCUT2D eigenvalue weighted by Gasteiger charge is 2.05. The Hall–Kier alpha value is -1.29. The molecule has 0 radical (unpaired) electrons. The standard InChI is InChI=1S/C13H20N2OS/c1-4-10(3)14-13(17)15-11-8-6-7-9-12(11)16-5-2/h6-10H,4-5H2,1-3H3,(H2,14,15,17). The topological polar surface area (TPSA) is 33.3 Å². The molecule has 0 aromatic heterocycles. The van der Waals surface area contributed by atoms with Crippen molar-refractivity contribution >= 4 is 23.0 Å². The minimum Gasteiger partial charge on any atom is -0.492 e. The molecule has 0 spiro atoms. The van der Waals surface area contributed by atoms with Crippen molar-refractivity contribution < 1.29 is 4.74 Å². The number of para-hydroxylation sites is 2. The molecular weight excluding hydrogens is 232 g/mol. The molecule has 1 unspecified atom stereocenters. The SMILES string of the molecule is CCOc1ccccc1NC(=S)NC(C)CC. The van der Waals surface area contributed by atoms with E-state index >= 15 is 0 Å². The van der Waals surface area contributed by atoms with Crippen LogP contribution in [-0.2, 0) is 0 Å². The average Bonchev–Trinajstić information content (AvgIpc) is 2.31. The molecule has 1 aromatic rings. The van der Waals surface area contributed by atoms with Gasteiger partial charge in [-0.2, -0.15) is 0 Å². The van der Waals surface area contributed by atoms with Crippen molar-refractivity contribution in [3.63, 3.8) is 0 Å². The van der Waals surface area contributed by atoms with Gasteiger partial charge in [0.2, 0.25) is 0 Å². The summed E-state index contributed by atoms with van der Waals surface area (Å²) in [5, 5.41) is 7.00. The third-order valence-corrected chi connectivity index (χ3v) is 2.64. The van der Waals surface area contributed by atoms with Crippen molar-refractivity contribution in [1.29, 1.82) is 0 Å². The first kappa shape index (κ1) is 13.8. The lowest BCUT2D eigenvalue weighted by molar-refractivity contribution is 0.342. The Morgan fingerprint density at radius 3 is 2.71 bits per heavy atom. The summed E-state index contributed by atoms with van der Waals surface area (Å²) in [5.74, 6) is 0.823. The van der Waals surface area contributed by atoms with Crippen LogP contribution in [0.25, 0.3) is 0 Å². The molecule has 3 nitrogen and oxygen atoms in total. The second-order valence-electron chi connectivity index (χ2n) is 3.84. The lowest BCUT2D eigenvalue weighted by Gasteiger charge is -2.17. The third-order valence-electron chi connectivity index (χ3n) is 2.42. The quantitative estimate of drug-likeness (QED) is 0.789. The number of rotatable bonds is 5. The Labute approximate surface area is 109 Å². The van der Waals surface area contributed by atoms with Gasteiger partial charge in [0.25, 0.3) is 0 Å². The number of thiocarbonyl (C=S) groups is 1. The lowest BCUT2D eigenvalue weighted by Crippen LogP contribution is -2.35. The van der Waals surface area contributed by atoms with Crippen LogP contribution in [0.4, 0.5) is 5.69 Å². The van der Waals surface area contributed by atoms with Gasteiger partial charge in [0.15, 0.2) is 5.11 Å². The molecule has 0 aliphatic heterocycles. The summed E-state index contributed by atoms with van der Waals surface area (Å²) in [4.78, 5) is 0. The summed E-state index contributed by atoms with van der Waals surface area (Å²) >= 11 is 5.24. The van der Waals surface area contributed by atoms with Gasteiger partial charge in [-0.05, 0) is 44.6 Å². The number of hydrogen-bond donors (Lipinski definition) is 2. The highest BCUT2D eigenvalue weighted by atomic mass is 32.1. The molecular formula is C13H20N2OS. The molecule has 0 amide bonds. The summed E-state index contributed by atoms with van der Waals surface area (Å²) in [6.07, 6.45) is 1.04. The zero-order valence-corrected chi connectivity index (χ0v) is 11.4. The predicted molar refractivity (Wildman–Crippen MR) is 76.7 cm³/mol. The Kier molecular flexibility index (Phi) is 5.77. The van der Waals surface area contributed by atoms with Crippen molar-refractivity contribution in [3.8, 4) is 5.75 Å². The number of nitrogens with one attached hydrogen (secondary N) is 2. The average molecular weight is 252 g/mol. The van der Waals surface area contributed by atoms with Gasteiger partial charge in [-0.1, -0.05) is 19.1 Å². The van der Waals surface area contributed by atoms with Gasteiger partial charge in [-0.3, -0.25) is 0 Å². The van der Waals surface area contributed by atoms with Crippen LogP contribution in [0, 0.1) is 0 Å². The fraction of sp³-hybridized carbons (Fsp3) is 0.462. The van der Waals surface area contributed by atoms with Gasteiger partial charge >= 0.3 is 0 Å². The Morgan fingerprint density at radius 2 is 2.06 bits per heavy atom. The zero-order chi connectivity index (χ0) is 12.7. The maximum Gasteiger partial charge on any atom is 0.171 e. The second-order valence-corrected chi connectivity index (χ2v) is 4.25. The molecule has 1 rings (SSSR count). The summed E-state index contributed by atoms with van der Waals surface area (Å²) in [6, 6.07) is 8.15. The Morgan fingerprint density at radius 1 is 1.35 bits per heavy atom. The summed E-state index contributed by atoms with van der Waals surface area (Å²) < 4.78 is 5.52. The van der Waals surface area contributed by atoms with E-state index in [0.29, 0.717) is 17.8 Å². The molecule has 1 atom stereocenters. The second kappa shape index (κ2) is 7.12. The Bertz CT molecular complexity index is 368. The fourth-order valence-electron chi connectivity index (χ4n) is 1.34. The van der Waals surface area contributed by atoms with Crippen LogP contribution >= 0.6 is 12.2 Å². The van der Waals surface area contributed by atoms with E-state index in [4.69, 9.17) is 17.0 Å². The van der Waals surface area contributed by atoms with Crippen molar-refractivity contribution in [2.45, 2.75) is 33.2 Å². The van der Waals surface area contributed by atoms with E-state index in [1.165, 1.54) is 0 Å². The fourth-order valence-corrected chi connectivity index (χ4v) is 1.65. The third kappa shape index (κ3) is 4.61. The van der Waals surface area contributed by atoms with E-state index in [0.717, 1.165) is 17.9 Å². The highest BCUT2D eigenvalue weighted by molar-refractivity contribution is 7.80. The maximum absolute atomic E-state index is 5.52. The maximum atomic E-state index is 5.52. The van der Waals surface area contributed by atoms with Gasteiger partial charge in [0, 0.05) is 6.04 Å². The van der Waals surface area contributed by atoms with Gasteiger partial charge in [-0.15, -0.1) is 0 Å². The summed E-state index contributed by atoms with van der Waals surface area (Å²) in [6.45, 7) is 6.83. The van der Waals surface area contributed by atoms with Crippen LogP contribution in [-0.4, -0.2) is 17.8 Å². The van der Waals surface area contributed by atoms with Crippen LogP contribution < -0.4 is 15.4 Å². The molecule has 94 valence electrons. The van der Waals surface area contributed by atoms with Gasteiger partial charge in [0.05, 0.1) is 12.3 Å². The first-order valence-electron chi connectivity index (χ1n) is 5.96. The summed E-state index contributed by atoms with van der Waals surface area (Å²) in [5.41, 5.74) is 0.898. The van der Waals surface area contributed by atoms with Crippen LogP contribution in [0.15, 0.2) is 24.3 Å². The van der Waals surface area contributed by atoms with Crippen molar-refractivity contribution in [2.75, 3.05) is 11.9 Å². The number of ether oxygens (including phenoxy) is 1. The van der Waals surface area contributed by atoms with Crippen molar-refractivity contribution in [3.05, 3.63) is 24.3 Å². The molecule has 0 heterocycles. The molecule has 2 N–H and O–H groups in total. The minimum atomic E-state index is 0.370. The van der Waals surface area contributed by atoms with Gasteiger partial charge in [0.1, 0.15) is 5.75 Å². The molecule has 0 fully saturated rings. The molecule has 0 saturated heterocycles.